The van der Waals surface area contributed by atoms with Gasteiger partial charge in [-0.15, -0.1) is 0 Å². The summed E-state index contributed by atoms with van der Waals surface area (Å²) in [4.78, 5) is 46.6. The summed E-state index contributed by atoms with van der Waals surface area (Å²) in [7, 11) is 2.13. The second-order valence-corrected chi connectivity index (χ2v) is 11.8. The molecule has 3 heterocycles. The molecule has 5 rings (SSSR count). The number of piperazine rings is 1. The Kier molecular flexibility index (Phi) is 7.86. The number of likely N-dealkylation sites (N-methyl/N-ethyl adjacent to an activating group) is 1. The highest BCUT2D eigenvalue weighted by Gasteiger charge is 2.54. The Morgan fingerprint density at radius 1 is 1.00 bits per heavy atom. The first-order valence-corrected chi connectivity index (χ1v) is 14.1. The van der Waals surface area contributed by atoms with E-state index >= 15 is 0 Å². The van der Waals surface area contributed by atoms with Gasteiger partial charge in [0.2, 0.25) is 5.91 Å². The van der Waals surface area contributed by atoms with Crippen LogP contribution in [0.15, 0.2) is 24.3 Å². The number of fused-ring (bicyclic) bond motifs is 1. The zero-order valence-corrected chi connectivity index (χ0v) is 22.5. The molecule has 1 saturated carbocycles. The Balaban J connectivity index is 1.32. The molecule has 1 aromatic carbocycles. The van der Waals surface area contributed by atoms with E-state index < -0.39 is 12.1 Å². The number of hydrogen-bond acceptors (Lipinski definition) is 6. The van der Waals surface area contributed by atoms with Crippen LogP contribution in [0, 0.1) is 17.8 Å². The first-order chi connectivity index (χ1) is 17.8. The number of likely N-dealkylation sites (tertiary alicyclic amines) is 1. The van der Waals surface area contributed by atoms with Gasteiger partial charge < -0.3 is 24.8 Å². The van der Waals surface area contributed by atoms with Crippen LogP contribution in [0.2, 0.25) is 0 Å². The molecular formula is C29H42N4O4. The monoisotopic (exact) mass is 510 g/mol. The second-order valence-electron chi connectivity index (χ2n) is 11.8. The number of anilines is 1. The topological polar surface area (TPSA) is 82.2 Å². The quantitative estimate of drug-likeness (QED) is 0.634. The van der Waals surface area contributed by atoms with Crippen LogP contribution in [-0.4, -0.2) is 92.0 Å². The van der Waals surface area contributed by atoms with E-state index in [2.05, 4.69) is 36.0 Å². The summed E-state index contributed by atoms with van der Waals surface area (Å²) < 4.78 is 5.85. The smallest absolute Gasteiger partial charge is 0.251 e. The third-order valence-electron chi connectivity index (χ3n) is 9.04. The Labute approximate surface area is 220 Å². The van der Waals surface area contributed by atoms with E-state index in [1.54, 1.807) is 4.90 Å². The predicted octanol–water partition coefficient (Wildman–Crippen LogP) is 2.57. The summed E-state index contributed by atoms with van der Waals surface area (Å²) >= 11 is 0. The van der Waals surface area contributed by atoms with E-state index in [4.69, 9.17) is 4.74 Å². The number of nitrogens with one attached hydrogen (secondary N) is 1. The third-order valence-corrected chi connectivity index (χ3v) is 9.04. The molecule has 0 bridgehead atoms. The predicted molar refractivity (Wildman–Crippen MR) is 143 cm³/mol. The van der Waals surface area contributed by atoms with Crippen LogP contribution in [0.25, 0.3) is 0 Å². The minimum Gasteiger partial charge on any atom is -0.369 e. The molecule has 37 heavy (non-hydrogen) atoms. The molecule has 0 spiro atoms. The number of Topliss-reactive ketones (excluding diaryl/α,β-unsaturated/α-hetero) is 1. The zero-order valence-electron chi connectivity index (χ0n) is 22.5. The number of carbonyl (C=O) groups excluding carboxylic acids is 3. The van der Waals surface area contributed by atoms with E-state index in [0.29, 0.717) is 18.0 Å². The van der Waals surface area contributed by atoms with Crippen LogP contribution in [0.4, 0.5) is 5.69 Å². The lowest BCUT2D eigenvalue weighted by atomic mass is 9.83. The van der Waals surface area contributed by atoms with Gasteiger partial charge in [0.05, 0.1) is 6.10 Å². The number of ether oxygens (including phenoxy) is 1. The molecule has 2 amide bonds. The number of amides is 2. The SMILES string of the molecule is CC(C)[C@@H]1CN(C(=O)[C@@H](NC(=O)c2ccc(N3CCN(C)CC3)cc2)C2CCCCC2)[C@@H]2C(=O)CO[C@@H]21. The van der Waals surface area contributed by atoms with E-state index in [9.17, 15) is 14.4 Å². The highest BCUT2D eigenvalue weighted by Crippen LogP contribution is 2.37. The maximum absolute atomic E-state index is 14.0. The van der Waals surface area contributed by atoms with Crippen molar-refractivity contribution in [1.82, 2.24) is 15.1 Å². The van der Waals surface area contributed by atoms with Gasteiger partial charge in [0.1, 0.15) is 18.7 Å². The Bertz CT molecular complexity index is 982. The van der Waals surface area contributed by atoms with Crippen molar-refractivity contribution in [2.24, 2.45) is 17.8 Å². The van der Waals surface area contributed by atoms with E-state index in [0.717, 1.165) is 64.0 Å². The summed E-state index contributed by atoms with van der Waals surface area (Å²) in [5, 5.41) is 3.12. The summed E-state index contributed by atoms with van der Waals surface area (Å²) in [5.74, 6) is 0.159. The Hall–Kier alpha value is -2.45. The highest BCUT2D eigenvalue weighted by molar-refractivity contribution is 5.99. The van der Waals surface area contributed by atoms with Gasteiger partial charge in [-0.3, -0.25) is 14.4 Å². The average Bonchev–Trinajstić information content (AvgIpc) is 3.48. The molecule has 8 nitrogen and oxygen atoms in total. The number of rotatable bonds is 6. The number of carbonyl (C=O) groups is 3. The fourth-order valence-corrected chi connectivity index (χ4v) is 6.65. The van der Waals surface area contributed by atoms with Gasteiger partial charge in [0.25, 0.3) is 5.91 Å². The Morgan fingerprint density at radius 3 is 2.32 bits per heavy atom. The zero-order chi connectivity index (χ0) is 26.1. The van der Waals surface area contributed by atoms with Gasteiger partial charge >= 0.3 is 0 Å². The fourth-order valence-electron chi connectivity index (χ4n) is 6.65. The minimum absolute atomic E-state index is 0.0188. The molecule has 1 aliphatic carbocycles. The fraction of sp³-hybridized carbons (Fsp3) is 0.690. The van der Waals surface area contributed by atoms with Crippen molar-refractivity contribution in [1.29, 1.82) is 0 Å². The summed E-state index contributed by atoms with van der Waals surface area (Å²) in [6, 6.07) is 6.59. The summed E-state index contributed by atoms with van der Waals surface area (Å²) in [6.07, 6.45) is 4.88. The van der Waals surface area contributed by atoms with Crippen molar-refractivity contribution >= 4 is 23.3 Å². The molecular weight excluding hydrogens is 468 g/mol. The van der Waals surface area contributed by atoms with Gasteiger partial charge in [0, 0.05) is 49.9 Å². The van der Waals surface area contributed by atoms with Gasteiger partial charge in [-0.1, -0.05) is 33.1 Å². The van der Waals surface area contributed by atoms with Gasteiger partial charge in [0.15, 0.2) is 5.78 Å². The number of ketones is 1. The molecule has 4 atom stereocenters. The van der Waals surface area contributed by atoms with Crippen molar-refractivity contribution in [2.75, 3.05) is 51.3 Å². The van der Waals surface area contributed by atoms with Crippen LogP contribution in [0.1, 0.15) is 56.3 Å². The molecule has 4 fully saturated rings. The maximum atomic E-state index is 14.0. The van der Waals surface area contributed by atoms with E-state index in [1.807, 2.05) is 24.3 Å². The van der Waals surface area contributed by atoms with Crippen molar-refractivity contribution in [2.45, 2.75) is 64.1 Å². The third kappa shape index (κ3) is 5.41. The molecule has 202 valence electrons. The molecule has 8 heteroatoms. The lowest BCUT2D eigenvalue weighted by Crippen LogP contribution is -2.55. The number of nitrogens with zero attached hydrogens (tertiary/aromatic N) is 3. The van der Waals surface area contributed by atoms with Crippen molar-refractivity contribution in [3.8, 4) is 0 Å². The molecule has 0 aromatic heterocycles. The molecule has 3 saturated heterocycles. The largest absolute Gasteiger partial charge is 0.369 e. The van der Waals surface area contributed by atoms with E-state index in [-0.39, 0.29) is 42.1 Å². The van der Waals surface area contributed by atoms with Gasteiger partial charge in [-0.25, -0.2) is 0 Å². The normalized spacial score (nSPS) is 28.0. The van der Waals surface area contributed by atoms with E-state index in [1.165, 1.54) is 0 Å². The lowest BCUT2D eigenvalue weighted by molar-refractivity contribution is -0.139. The van der Waals surface area contributed by atoms with Gasteiger partial charge in [-0.2, -0.15) is 0 Å². The number of benzene rings is 1. The molecule has 1 N–H and O–H groups in total. The van der Waals surface area contributed by atoms with Crippen molar-refractivity contribution in [3.05, 3.63) is 29.8 Å². The van der Waals surface area contributed by atoms with Crippen molar-refractivity contribution < 1.29 is 19.1 Å². The lowest BCUT2D eigenvalue weighted by Gasteiger charge is -2.34. The van der Waals surface area contributed by atoms with Crippen LogP contribution in [0.5, 0.6) is 0 Å². The van der Waals surface area contributed by atoms with Crippen molar-refractivity contribution in [3.63, 3.8) is 0 Å². The van der Waals surface area contributed by atoms with Gasteiger partial charge in [-0.05, 0) is 56.0 Å². The summed E-state index contributed by atoms with van der Waals surface area (Å²) in [5.41, 5.74) is 1.68. The first kappa shape index (κ1) is 26.2. The Morgan fingerprint density at radius 2 is 1.68 bits per heavy atom. The average molecular weight is 511 g/mol. The maximum Gasteiger partial charge on any atom is 0.251 e. The number of hydrogen-bond donors (Lipinski definition) is 1. The molecule has 3 aliphatic heterocycles. The standard InChI is InChI=1S/C29H42N4O4/c1-19(2)23-17-33(26-24(34)18-37-27(23)26)29(36)25(20-7-5-4-6-8-20)30-28(35)21-9-11-22(12-10-21)32-15-13-31(3)14-16-32/h9-12,19-20,23,25-27H,4-8,13-18H2,1-3H3,(H,30,35)/t23-,25-,26+,27+/m0/s1. The van der Waals surface area contributed by atoms with Crippen LogP contribution < -0.4 is 10.2 Å². The van der Waals surface area contributed by atoms with Crippen LogP contribution >= 0.6 is 0 Å². The minimum atomic E-state index is -0.620. The van der Waals surface area contributed by atoms with Crippen LogP contribution in [0.3, 0.4) is 0 Å². The molecule has 0 unspecified atom stereocenters. The van der Waals surface area contributed by atoms with Crippen LogP contribution in [-0.2, 0) is 14.3 Å². The molecule has 0 radical (unpaired) electrons. The summed E-state index contributed by atoms with van der Waals surface area (Å²) in [6.45, 7) is 8.81. The highest BCUT2D eigenvalue weighted by atomic mass is 16.5. The molecule has 1 aromatic rings. The molecule has 4 aliphatic rings. The first-order valence-electron chi connectivity index (χ1n) is 14.1. The second kappa shape index (κ2) is 11.1.